The Labute approximate surface area is 210 Å². The van der Waals surface area contributed by atoms with Crippen molar-refractivity contribution in [3.63, 3.8) is 0 Å². The molecule has 7 N–H and O–H groups in total. The maximum Gasteiger partial charge on any atom is 0.338 e. The number of carbonyl (C=O) groups is 4. The van der Waals surface area contributed by atoms with Gasteiger partial charge >= 0.3 is 5.97 Å². The highest BCUT2D eigenvalue weighted by Crippen LogP contribution is 2.23. The molecule has 36 heavy (non-hydrogen) atoms. The molecule has 1 saturated heterocycles. The Morgan fingerprint density at radius 3 is 2.33 bits per heavy atom. The Hall–Kier alpha value is -3.67. The monoisotopic (exact) mass is 504 g/mol. The summed E-state index contributed by atoms with van der Waals surface area (Å²) in [5, 5.41) is 8.21. The van der Waals surface area contributed by atoms with Gasteiger partial charge in [-0.25, -0.2) is 4.79 Å². The lowest BCUT2D eigenvalue weighted by Gasteiger charge is -2.24. The zero-order valence-corrected chi connectivity index (χ0v) is 20.9. The minimum Gasteiger partial charge on any atom is -0.467 e. The third kappa shape index (κ3) is 9.53. The Kier molecular flexibility index (Phi) is 11.1. The zero-order valence-electron chi connectivity index (χ0n) is 20.9. The maximum atomic E-state index is 13.3. The minimum atomic E-state index is -1.02. The van der Waals surface area contributed by atoms with E-state index in [1.807, 2.05) is 44.2 Å². The molecule has 1 aromatic rings. The summed E-state index contributed by atoms with van der Waals surface area (Å²) in [5.74, 6) is -2.04. The molecule has 0 aromatic heterocycles. The summed E-state index contributed by atoms with van der Waals surface area (Å²) in [7, 11) is 1.20. The maximum absolute atomic E-state index is 13.3. The van der Waals surface area contributed by atoms with Crippen molar-refractivity contribution in [3.8, 4) is 0 Å². The molecule has 2 rings (SSSR count). The summed E-state index contributed by atoms with van der Waals surface area (Å²) in [6, 6.07) is 7.33. The van der Waals surface area contributed by atoms with Crippen LogP contribution in [0.2, 0.25) is 0 Å². The molecule has 0 radical (unpaired) electrons. The van der Waals surface area contributed by atoms with Crippen molar-refractivity contribution < 1.29 is 28.7 Å². The first-order valence-corrected chi connectivity index (χ1v) is 11.8. The number of epoxide rings is 1. The number of aliphatic imine (C=N–C) groups is 1. The number of carbonyl (C=O) groups excluding carboxylic acids is 4. The van der Waals surface area contributed by atoms with Gasteiger partial charge < -0.3 is 36.9 Å². The molecule has 4 atom stereocenters. The number of methoxy groups -OCH3 is 1. The minimum absolute atomic E-state index is 0.0210. The number of nitrogens with two attached hydrogens (primary N) is 2. The highest BCUT2D eigenvalue weighted by Gasteiger charge is 2.52. The van der Waals surface area contributed by atoms with Crippen molar-refractivity contribution >= 4 is 29.7 Å². The first-order valence-electron chi connectivity index (χ1n) is 11.8. The van der Waals surface area contributed by atoms with E-state index in [1.165, 1.54) is 7.11 Å². The van der Waals surface area contributed by atoms with Gasteiger partial charge in [-0.15, -0.1) is 0 Å². The third-order valence-corrected chi connectivity index (χ3v) is 5.37. The van der Waals surface area contributed by atoms with Crippen molar-refractivity contribution in [3.05, 3.63) is 35.9 Å². The number of rotatable bonds is 14. The quantitative estimate of drug-likeness (QED) is 0.0698. The van der Waals surface area contributed by atoms with Crippen LogP contribution in [0.25, 0.3) is 0 Å². The van der Waals surface area contributed by atoms with E-state index >= 15 is 0 Å². The first-order chi connectivity index (χ1) is 17.1. The summed E-state index contributed by atoms with van der Waals surface area (Å²) >= 11 is 0. The molecule has 1 aliphatic rings. The number of ether oxygens (including phenoxy) is 2. The van der Waals surface area contributed by atoms with Crippen molar-refractivity contribution in [2.24, 2.45) is 22.4 Å². The van der Waals surface area contributed by atoms with Gasteiger partial charge in [0.05, 0.1) is 7.11 Å². The average molecular weight is 505 g/mol. The summed E-state index contributed by atoms with van der Waals surface area (Å²) in [6.45, 7) is 4.57. The molecule has 12 nitrogen and oxygen atoms in total. The van der Waals surface area contributed by atoms with Gasteiger partial charge in [-0.1, -0.05) is 44.2 Å². The van der Waals surface area contributed by atoms with E-state index in [0.717, 1.165) is 5.56 Å². The van der Waals surface area contributed by atoms with Crippen LogP contribution in [0.4, 0.5) is 0 Å². The van der Waals surface area contributed by atoms with Gasteiger partial charge in [0.2, 0.25) is 11.8 Å². The molecule has 0 saturated carbocycles. The van der Waals surface area contributed by atoms with Crippen molar-refractivity contribution in [2.75, 3.05) is 20.2 Å². The smallest absolute Gasteiger partial charge is 0.338 e. The van der Waals surface area contributed by atoms with E-state index in [0.29, 0.717) is 25.9 Å². The molecule has 4 unspecified atom stereocenters. The summed E-state index contributed by atoms with van der Waals surface area (Å²) in [4.78, 5) is 54.2. The van der Waals surface area contributed by atoms with Crippen molar-refractivity contribution in [1.29, 1.82) is 0 Å². The topological polar surface area (TPSA) is 191 Å². The van der Waals surface area contributed by atoms with E-state index in [-0.39, 0.29) is 24.2 Å². The van der Waals surface area contributed by atoms with Gasteiger partial charge in [0, 0.05) is 19.5 Å². The number of nitrogens with zero attached hydrogens (tertiary/aromatic N) is 1. The van der Waals surface area contributed by atoms with Crippen molar-refractivity contribution in [1.82, 2.24) is 16.0 Å². The summed E-state index contributed by atoms with van der Waals surface area (Å²) < 4.78 is 9.70. The molecule has 0 spiro atoms. The molecule has 1 aliphatic heterocycles. The number of hydrogen-bond acceptors (Lipinski definition) is 7. The molecule has 0 bridgehead atoms. The lowest BCUT2D eigenvalue weighted by Crippen LogP contribution is -2.55. The molecular weight excluding hydrogens is 468 g/mol. The van der Waals surface area contributed by atoms with Crippen LogP contribution < -0.4 is 27.4 Å². The fraction of sp³-hybridized carbons (Fsp3) is 0.542. The largest absolute Gasteiger partial charge is 0.467 e. The second kappa shape index (κ2) is 14.0. The second-order valence-corrected chi connectivity index (χ2v) is 8.89. The zero-order chi connectivity index (χ0) is 26.7. The fourth-order valence-corrected chi connectivity index (χ4v) is 3.52. The molecule has 3 amide bonds. The van der Waals surface area contributed by atoms with Crippen molar-refractivity contribution in [2.45, 2.75) is 57.4 Å². The molecule has 198 valence electrons. The Morgan fingerprint density at radius 2 is 1.72 bits per heavy atom. The molecule has 1 aromatic carbocycles. The van der Waals surface area contributed by atoms with E-state index in [4.69, 9.17) is 16.2 Å². The number of hydrogen-bond donors (Lipinski definition) is 5. The molecule has 12 heteroatoms. The predicted octanol–water partition coefficient (Wildman–Crippen LogP) is -1.04. The van der Waals surface area contributed by atoms with Crippen LogP contribution >= 0.6 is 0 Å². The third-order valence-electron chi connectivity index (χ3n) is 5.37. The van der Waals surface area contributed by atoms with Crippen LogP contribution in [-0.2, 0) is 35.1 Å². The van der Waals surface area contributed by atoms with E-state index < -0.39 is 42.1 Å². The highest BCUT2D eigenvalue weighted by atomic mass is 16.6. The second-order valence-electron chi connectivity index (χ2n) is 8.89. The lowest BCUT2D eigenvalue weighted by molar-refractivity contribution is -0.142. The van der Waals surface area contributed by atoms with Crippen LogP contribution in [0.5, 0.6) is 0 Å². The Bertz CT molecular complexity index is 934. The number of esters is 1. The predicted molar refractivity (Wildman–Crippen MR) is 132 cm³/mol. The van der Waals surface area contributed by atoms with Gasteiger partial charge in [0.1, 0.15) is 12.1 Å². The van der Waals surface area contributed by atoms with Gasteiger partial charge in [0.25, 0.3) is 5.91 Å². The van der Waals surface area contributed by atoms with Gasteiger partial charge in [0.15, 0.2) is 18.2 Å². The van der Waals surface area contributed by atoms with E-state index in [1.54, 1.807) is 0 Å². The number of nitrogens with one attached hydrogen (secondary N) is 3. The van der Waals surface area contributed by atoms with Gasteiger partial charge in [-0.2, -0.15) is 0 Å². The Balaban J connectivity index is 2.06. The molecular formula is C24H36N6O6. The fourth-order valence-electron chi connectivity index (χ4n) is 3.52. The lowest BCUT2D eigenvalue weighted by atomic mass is 10.0. The van der Waals surface area contributed by atoms with Gasteiger partial charge in [-0.3, -0.25) is 19.4 Å². The molecule has 1 heterocycles. The Morgan fingerprint density at radius 1 is 1.03 bits per heavy atom. The summed E-state index contributed by atoms with van der Waals surface area (Å²) in [6.07, 6.45) is -0.908. The van der Waals surface area contributed by atoms with Crippen LogP contribution in [0, 0.1) is 5.92 Å². The highest BCUT2D eigenvalue weighted by molar-refractivity contribution is 5.96. The molecule has 0 aliphatic carbocycles. The molecule has 1 fully saturated rings. The number of benzene rings is 1. The summed E-state index contributed by atoms with van der Waals surface area (Å²) in [5.41, 5.74) is 11.4. The number of guanidine groups is 1. The van der Waals surface area contributed by atoms with E-state index in [9.17, 15) is 19.2 Å². The average Bonchev–Trinajstić information content (AvgIpc) is 3.63. The van der Waals surface area contributed by atoms with E-state index in [2.05, 4.69) is 25.7 Å². The van der Waals surface area contributed by atoms with Crippen LogP contribution in [0.15, 0.2) is 35.3 Å². The van der Waals surface area contributed by atoms with Crippen LogP contribution in [0.1, 0.15) is 32.3 Å². The first kappa shape index (κ1) is 28.6. The standard InChI is InChI=1S/C24H36N6O6/c1-14(2)12-16(20(31)27-10-7-11-28-24(25)26)29-21(32)17(13-15-8-5-4-6-9-15)30-22(33)18-19(36-18)23(34)35-3/h4-6,8-9,14,16-19H,7,10-13H2,1-3H3,(H,27,31)(H,29,32)(H,30,33)(H4,25,26,28). The van der Waals surface area contributed by atoms with Crippen LogP contribution in [0.3, 0.4) is 0 Å². The van der Waals surface area contributed by atoms with Gasteiger partial charge in [-0.05, 0) is 24.3 Å². The van der Waals surface area contributed by atoms with Crippen LogP contribution in [-0.4, -0.2) is 74.1 Å². The normalized spacial score (nSPS) is 17.9. The SMILES string of the molecule is COC(=O)C1OC1C(=O)NC(Cc1ccccc1)C(=O)NC(CC(C)C)C(=O)NCCCN=C(N)N. The number of amides is 3.